The lowest BCUT2D eigenvalue weighted by molar-refractivity contribution is 0.848. The summed E-state index contributed by atoms with van der Waals surface area (Å²) < 4.78 is 1.79. The Morgan fingerprint density at radius 2 is 1.74 bits per heavy atom. The van der Waals surface area contributed by atoms with Crippen LogP contribution >= 0.6 is 23.2 Å². The molecule has 0 radical (unpaired) electrons. The van der Waals surface area contributed by atoms with E-state index in [0.717, 1.165) is 48.6 Å². The van der Waals surface area contributed by atoms with Crippen molar-refractivity contribution < 1.29 is 0 Å². The van der Waals surface area contributed by atoms with Crippen LogP contribution in [0.15, 0.2) is 24.5 Å². The Kier molecular flexibility index (Phi) is 3.62. The van der Waals surface area contributed by atoms with Gasteiger partial charge in [-0.3, -0.25) is 0 Å². The van der Waals surface area contributed by atoms with E-state index in [0.29, 0.717) is 15.8 Å². The third kappa shape index (κ3) is 2.35. The highest BCUT2D eigenvalue weighted by atomic mass is 35.5. The molecule has 7 heteroatoms. The summed E-state index contributed by atoms with van der Waals surface area (Å²) in [6.07, 6.45) is 3.85. The van der Waals surface area contributed by atoms with E-state index >= 15 is 0 Å². The molecule has 0 N–H and O–H groups in total. The Morgan fingerprint density at radius 1 is 1.04 bits per heavy atom. The second-order valence-electron chi connectivity index (χ2n) is 5.66. The molecule has 0 unspecified atom stereocenters. The average molecular weight is 348 g/mol. The van der Waals surface area contributed by atoms with Crippen molar-refractivity contribution in [3.05, 3.63) is 40.3 Å². The quantitative estimate of drug-likeness (QED) is 0.702. The van der Waals surface area contributed by atoms with E-state index in [-0.39, 0.29) is 0 Å². The molecule has 2 aromatic heterocycles. The second-order valence-corrected chi connectivity index (χ2v) is 6.47. The third-order valence-electron chi connectivity index (χ3n) is 4.20. The Labute approximate surface area is 143 Å². The highest BCUT2D eigenvalue weighted by Gasteiger charge is 2.25. The summed E-state index contributed by atoms with van der Waals surface area (Å²) in [4.78, 5) is 11.1. The van der Waals surface area contributed by atoms with Gasteiger partial charge in [-0.15, -0.1) is 0 Å². The highest BCUT2D eigenvalue weighted by Crippen LogP contribution is 2.42. The summed E-state index contributed by atoms with van der Waals surface area (Å²) in [7, 11) is 0. The fraction of sp³-hybridized carbons (Fsp3) is 0.312. The molecule has 23 heavy (non-hydrogen) atoms. The van der Waals surface area contributed by atoms with E-state index in [1.165, 1.54) is 6.33 Å². The zero-order valence-electron chi connectivity index (χ0n) is 12.6. The van der Waals surface area contributed by atoms with Crippen molar-refractivity contribution in [3.63, 3.8) is 0 Å². The first kappa shape index (κ1) is 14.7. The first-order valence-corrected chi connectivity index (χ1v) is 8.32. The zero-order valence-corrected chi connectivity index (χ0v) is 14.1. The van der Waals surface area contributed by atoms with Crippen LogP contribution < -0.4 is 4.90 Å². The van der Waals surface area contributed by atoms with E-state index in [4.69, 9.17) is 23.2 Å². The van der Waals surface area contributed by atoms with Gasteiger partial charge in [0.05, 0.1) is 15.7 Å². The van der Waals surface area contributed by atoms with Gasteiger partial charge in [0.1, 0.15) is 12.1 Å². The number of halogens is 2. The standard InChI is InChI=1S/C16H15Cl2N5/c1-10-13(14-11(17)5-4-6-12(14)18)15(22-7-2-3-8-22)23-16(21-10)19-9-20-23/h4-6,9H,2-3,7-8H2,1H3. The first-order chi connectivity index (χ1) is 11.2. The predicted molar refractivity (Wildman–Crippen MR) is 92.4 cm³/mol. The van der Waals surface area contributed by atoms with Gasteiger partial charge in [0.2, 0.25) is 0 Å². The largest absolute Gasteiger partial charge is 0.356 e. The lowest BCUT2D eigenvalue weighted by Crippen LogP contribution is -2.23. The highest BCUT2D eigenvalue weighted by molar-refractivity contribution is 6.39. The molecule has 4 rings (SSSR count). The molecule has 5 nitrogen and oxygen atoms in total. The van der Waals surface area contributed by atoms with E-state index in [9.17, 15) is 0 Å². The van der Waals surface area contributed by atoms with E-state index in [1.807, 2.05) is 25.1 Å². The van der Waals surface area contributed by atoms with Crippen LogP contribution in [0.2, 0.25) is 10.0 Å². The Bertz CT molecular complexity index is 863. The van der Waals surface area contributed by atoms with Gasteiger partial charge in [-0.05, 0) is 31.9 Å². The van der Waals surface area contributed by atoms with E-state index in [2.05, 4.69) is 20.0 Å². The summed E-state index contributed by atoms with van der Waals surface area (Å²) in [6, 6.07) is 5.55. The molecule has 1 aliphatic rings. The molecule has 118 valence electrons. The number of nitrogens with zero attached hydrogens (tertiary/aromatic N) is 5. The Balaban J connectivity index is 2.09. The zero-order chi connectivity index (χ0) is 16.0. The molecule has 0 spiro atoms. The number of aryl methyl sites for hydroxylation is 1. The van der Waals surface area contributed by atoms with Gasteiger partial charge >= 0.3 is 0 Å². The Morgan fingerprint density at radius 3 is 2.43 bits per heavy atom. The molecule has 0 amide bonds. The van der Waals surface area contributed by atoms with Gasteiger partial charge in [0.25, 0.3) is 5.78 Å². The second kappa shape index (κ2) is 5.65. The topological polar surface area (TPSA) is 46.3 Å². The number of hydrogen-bond donors (Lipinski definition) is 0. The maximum atomic E-state index is 6.46. The maximum absolute atomic E-state index is 6.46. The van der Waals surface area contributed by atoms with Crippen LogP contribution in [0.4, 0.5) is 5.82 Å². The van der Waals surface area contributed by atoms with Crippen LogP contribution in [-0.4, -0.2) is 32.7 Å². The van der Waals surface area contributed by atoms with Crippen LogP contribution in [0.25, 0.3) is 16.9 Å². The minimum Gasteiger partial charge on any atom is -0.356 e. The lowest BCUT2D eigenvalue weighted by Gasteiger charge is -2.24. The van der Waals surface area contributed by atoms with Crippen LogP contribution in [0, 0.1) is 6.92 Å². The summed E-state index contributed by atoms with van der Waals surface area (Å²) in [5.41, 5.74) is 2.59. The van der Waals surface area contributed by atoms with Gasteiger partial charge < -0.3 is 4.90 Å². The maximum Gasteiger partial charge on any atom is 0.254 e. The molecule has 3 heterocycles. The number of rotatable bonds is 2. The summed E-state index contributed by atoms with van der Waals surface area (Å²) in [5.74, 6) is 1.56. The summed E-state index contributed by atoms with van der Waals surface area (Å²) in [6.45, 7) is 3.92. The summed E-state index contributed by atoms with van der Waals surface area (Å²) >= 11 is 12.9. The van der Waals surface area contributed by atoms with Crippen molar-refractivity contribution in [3.8, 4) is 11.1 Å². The van der Waals surface area contributed by atoms with Crippen molar-refractivity contribution in [2.75, 3.05) is 18.0 Å². The average Bonchev–Trinajstić information content (AvgIpc) is 3.18. The SMILES string of the molecule is Cc1nc2ncnn2c(N2CCCC2)c1-c1c(Cl)cccc1Cl. The van der Waals surface area contributed by atoms with Crippen LogP contribution in [0.5, 0.6) is 0 Å². The smallest absolute Gasteiger partial charge is 0.254 e. The van der Waals surface area contributed by atoms with Crippen molar-refractivity contribution in [2.45, 2.75) is 19.8 Å². The van der Waals surface area contributed by atoms with Gasteiger partial charge in [-0.25, -0.2) is 4.98 Å². The number of hydrogen-bond acceptors (Lipinski definition) is 4. The van der Waals surface area contributed by atoms with Gasteiger partial charge in [0.15, 0.2) is 0 Å². The van der Waals surface area contributed by atoms with Gasteiger partial charge in [-0.2, -0.15) is 14.6 Å². The first-order valence-electron chi connectivity index (χ1n) is 7.56. The van der Waals surface area contributed by atoms with Crippen molar-refractivity contribution >= 4 is 34.8 Å². The molecule has 0 atom stereocenters. The predicted octanol–water partition coefficient (Wildman–Crippen LogP) is 4.01. The van der Waals surface area contributed by atoms with Crippen LogP contribution in [0.3, 0.4) is 0 Å². The minimum atomic E-state index is 0.594. The number of benzene rings is 1. The molecule has 0 bridgehead atoms. The monoisotopic (exact) mass is 347 g/mol. The molecular formula is C16H15Cl2N5. The van der Waals surface area contributed by atoms with Crippen molar-refractivity contribution in [1.82, 2.24) is 19.6 Å². The van der Waals surface area contributed by atoms with Crippen LogP contribution in [-0.2, 0) is 0 Å². The number of fused-ring (bicyclic) bond motifs is 1. The summed E-state index contributed by atoms with van der Waals surface area (Å²) in [5, 5.41) is 5.59. The van der Waals surface area contributed by atoms with Crippen molar-refractivity contribution in [2.24, 2.45) is 0 Å². The van der Waals surface area contributed by atoms with Crippen molar-refractivity contribution in [1.29, 1.82) is 0 Å². The molecule has 1 aromatic carbocycles. The molecule has 0 saturated carbocycles. The third-order valence-corrected chi connectivity index (χ3v) is 4.83. The van der Waals surface area contributed by atoms with Gasteiger partial charge in [-0.1, -0.05) is 29.3 Å². The fourth-order valence-electron chi connectivity index (χ4n) is 3.19. The molecule has 1 fully saturated rings. The van der Waals surface area contributed by atoms with Gasteiger partial charge in [0, 0.05) is 24.2 Å². The number of aromatic nitrogens is 4. The minimum absolute atomic E-state index is 0.594. The Hall–Kier alpha value is -1.85. The molecule has 3 aromatic rings. The fourth-order valence-corrected chi connectivity index (χ4v) is 3.77. The van der Waals surface area contributed by atoms with E-state index in [1.54, 1.807) is 4.52 Å². The van der Waals surface area contributed by atoms with E-state index < -0.39 is 0 Å². The molecule has 0 aliphatic carbocycles. The molecular weight excluding hydrogens is 333 g/mol. The number of anilines is 1. The van der Waals surface area contributed by atoms with Crippen LogP contribution in [0.1, 0.15) is 18.5 Å². The normalized spacial score (nSPS) is 14.8. The lowest BCUT2D eigenvalue weighted by atomic mass is 10.0. The molecule has 1 saturated heterocycles. The molecule has 1 aliphatic heterocycles.